The van der Waals surface area contributed by atoms with Crippen molar-refractivity contribution in [2.24, 2.45) is 0 Å². The Bertz CT molecular complexity index is 291. The van der Waals surface area contributed by atoms with Gasteiger partial charge in [-0.2, -0.15) is 0 Å². The highest BCUT2D eigenvalue weighted by molar-refractivity contribution is 6.77. The Balaban J connectivity index is 3.98. The van der Waals surface area contributed by atoms with E-state index in [2.05, 4.69) is 26.6 Å². The summed E-state index contributed by atoms with van der Waals surface area (Å²) in [5.41, 5.74) is 0.624. The number of aliphatic carboxylic acids is 1. The lowest BCUT2D eigenvalue weighted by Gasteiger charge is -2.27. The molecule has 1 atom stereocenters. The number of esters is 1. The molecule has 17 heavy (non-hydrogen) atoms. The molecule has 0 spiro atoms. The smallest absolute Gasteiger partial charge is 0.331 e. The van der Waals surface area contributed by atoms with Crippen LogP contribution in [0.4, 0.5) is 0 Å². The fraction of sp³-hybridized carbons (Fsp3) is 0.667. The SMILES string of the molecule is CCC(CCOC(=O)C=CC(=O)O)[Si](C)(C)C. The molecule has 0 heterocycles. The van der Waals surface area contributed by atoms with Crippen molar-refractivity contribution in [2.45, 2.75) is 44.9 Å². The predicted octanol–water partition coefficient (Wildman–Crippen LogP) is 2.68. The van der Waals surface area contributed by atoms with Crippen molar-refractivity contribution < 1.29 is 19.4 Å². The molecule has 0 aliphatic heterocycles. The summed E-state index contributed by atoms with van der Waals surface area (Å²) in [7, 11) is -1.20. The first-order valence-electron chi connectivity index (χ1n) is 5.85. The molecule has 0 saturated heterocycles. The normalized spacial score (nSPS) is 13.6. The number of carboxylic acid groups (broad SMARTS) is 1. The van der Waals surface area contributed by atoms with Crippen molar-refractivity contribution in [3.63, 3.8) is 0 Å². The van der Waals surface area contributed by atoms with E-state index in [4.69, 9.17) is 9.84 Å². The summed E-state index contributed by atoms with van der Waals surface area (Å²) in [6.07, 6.45) is 3.69. The van der Waals surface area contributed by atoms with Gasteiger partial charge < -0.3 is 9.84 Å². The molecular formula is C12H22O4Si. The number of carbonyl (C=O) groups is 2. The summed E-state index contributed by atoms with van der Waals surface area (Å²) in [6.45, 7) is 9.41. The topological polar surface area (TPSA) is 63.6 Å². The van der Waals surface area contributed by atoms with E-state index in [1.165, 1.54) is 0 Å². The first kappa shape index (κ1) is 15.9. The van der Waals surface area contributed by atoms with Crippen LogP contribution < -0.4 is 0 Å². The van der Waals surface area contributed by atoms with Crippen LogP contribution in [0.15, 0.2) is 12.2 Å². The maximum atomic E-state index is 11.1. The Morgan fingerprint density at radius 2 is 1.88 bits per heavy atom. The van der Waals surface area contributed by atoms with Gasteiger partial charge in [0.25, 0.3) is 0 Å². The summed E-state index contributed by atoms with van der Waals surface area (Å²) >= 11 is 0. The van der Waals surface area contributed by atoms with Crippen molar-refractivity contribution in [3.8, 4) is 0 Å². The molecular weight excluding hydrogens is 236 g/mol. The predicted molar refractivity (Wildman–Crippen MR) is 69.7 cm³/mol. The van der Waals surface area contributed by atoms with Gasteiger partial charge in [-0.1, -0.05) is 33.0 Å². The summed E-state index contributed by atoms with van der Waals surface area (Å²) < 4.78 is 4.95. The molecule has 0 aliphatic carbocycles. The Labute approximate surface area is 104 Å². The molecule has 0 radical (unpaired) electrons. The van der Waals surface area contributed by atoms with Gasteiger partial charge in [0.15, 0.2) is 0 Å². The van der Waals surface area contributed by atoms with Gasteiger partial charge in [0.2, 0.25) is 0 Å². The summed E-state index contributed by atoms with van der Waals surface area (Å²) in [5.74, 6) is -1.73. The Morgan fingerprint density at radius 3 is 2.29 bits per heavy atom. The molecule has 1 N–H and O–H groups in total. The maximum Gasteiger partial charge on any atom is 0.331 e. The highest BCUT2D eigenvalue weighted by Crippen LogP contribution is 2.28. The molecule has 4 nitrogen and oxygen atoms in total. The van der Waals surface area contributed by atoms with E-state index in [0.29, 0.717) is 12.1 Å². The molecule has 0 rings (SSSR count). The van der Waals surface area contributed by atoms with Gasteiger partial charge in [0.1, 0.15) is 0 Å². The number of carbonyl (C=O) groups excluding carboxylic acids is 1. The van der Waals surface area contributed by atoms with Crippen LogP contribution in [-0.4, -0.2) is 31.7 Å². The van der Waals surface area contributed by atoms with Gasteiger partial charge in [-0.05, 0) is 12.0 Å². The molecule has 0 aromatic heterocycles. The third-order valence-electron chi connectivity index (χ3n) is 2.79. The minimum absolute atomic E-state index is 0.367. The highest BCUT2D eigenvalue weighted by atomic mass is 28.3. The van der Waals surface area contributed by atoms with Gasteiger partial charge in [-0.15, -0.1) is 0 Å². The van der Waals surface area contributed by atoms with E-state index >= 15 is 0 Å². The van der Waals surface area contributed by atoms with Crippen LogP contribution in [0.2, 0.25) is 25.2 Å². The van der Waals surface area contributed by atoms with Crippen molar-refractivity contribution in [1.29, 1.82) is 0 Å². The van der Waals surface area contributed by atoms with Gasteiger partial charge in [-0.25, -0.2) is 9.59 Å². The van der Waals surface area contributed by atoms with E-state index in [9.17, 15) is 9.59 Å². The molecule has 1 unspecified atom stereocenters. The maximum absolute atomic E-state index is 11.1. The number of carboxylic acids is 1. The van der Waals surface area contributed by atoms with Gasteiger partial charge in [-0.3, -0.25) is 0 Å². The summed E-state index contributed by atoms with van der Waals surface area (Å²) in [5, 5.41) is 8.33. The van der Waals surface area contributed by atoms with E-state index in [0.717, 1.165) is 25.0 Å². The fourth-order valence-corrected chi connectivity index (χ4v) is 3.95. The molecule has 0 bridgehead atoms. The van der Waals surface area contributed by atoms with Crippen LogP contribution in [-0.2, 0) is 14.3 Å². The van der Waals surface area contributed by atoms with Gasteiger partial charge >= 0.3 is 11.9 Å². The van der Waals surface area contributed by atoms with E-state index < -0.39 is 20.0 Å². The Hall–Kier alpha value is -1.10. The van der Waals surface area contributed by atoms with Crippen molar-refractivity contribution >= 4 is 20.0 Å². The largest absolute Gasteiger partial charge is 0.478 e. The zero-order valence-corrected chi connectivity index (χ0v) is 12.0. The second-order valence-corrected chi connectivity index (χ2v) is 10.6. The number of ether oxygens (including phenoxy) is 1. The highest BCUT2D eigenvalue weighted by Gasteiger charge is 2.24. The second kappa shape index (κ2) is 7.27. The monoisotopic (exact) mass is 258 g/mol. The minimum Gasteiger partial charge on any atom is -0.478 e. The molecule has 5 heteroatoms. The van der Waals surface area contributed by atoms with E-state index in [-0.39, 0.29) is 0 Å². The van der Waals surface area contributed by atoms with Crippen molar-refractivity contribution in [2.75, 3.05) is 6.61 Å². The average Bonchev–Trinajstić information content (AvgIpc) is 2.19. The quantitative estimate of drug-likeness (QED) is 0.433. The van der Waals surface area contributed by atoms with E-state index in [1.807, 2.05) is 0 Å². The third kappa shape index (κ3) is 7.74. The van der Waals surface area contributed by atoms with E-state index in [1.54, 1.807) is 0 Å². The third-order valence-corrected chi connectivity index (χ3v) is 5.94. The molecule has 0 fully saturated rings. The lowest BCUT2D eigenvalue weighted by molar-refractivity contribution is -0.138. The summed E-state index contributed by atoms with van der Waals surface area (Å²) in [4.78, 5) is 21.3. The number of hydrogen-bond acceptors (Lipinski definition) is 3. The van der Waals surface area contributed by atoms with Crippen LogP contribution in [0.5, 0.6) is 0 Å². The molecule has 0 amide bonds. The average molecular weight is 258 g/mol. The lowest BCUT2D eigenvalue weighted by atomic mass is 10.2. The van der Waals surface area contributed by atoms with Gasteiger partial charge in [0.05, 0.1) is 6.61 Å². The van der Waals surface area contributed by atoms with Gasteiger partial charge in [0, 0.05) is 20.2 Å². The second-order valence-electron chi connectivity index (χ2n) is 5.10. The van der Waals surface area contributed by atoms with Crippen LogP contribution in [0.25, 0.3) is 0 Å². The van der Waals surface area contributed by atoms with Crippen LogP contribution in [0.3, 0.4) is 0 Å². The zero-order valence-electron chi connectivity index (χ0n) is 11.0. The number of rotatable bonds is 7. The first-order valence-corrected chi connectivity index (χ1v) is 9.42. The minimum atomic E-state index is -1.20. The molecule has 0 aromatic rings. The Morgan fingerprint density at radius 1 is 1.29 bits per heavy atom. The number of hydrogen-bond donors (Lipinski definition) is 1. The lowest BCUT2D eigenvalue weighted by Crippen LogP contribution is -2.28. The summed E-state index contributed by atoms with van der Waals surface area (Å²) in [6, 6.07) is 0. The van der Waals surface area contributed by atoms with Crippen molar-refractivity contribution in [3.05, 3.63) is 12.2 Å². The van der Waals surface area contributed by atoms with Crippen LogP contribution in [0.1, 0.15) is 19.8 Å². The standard InChI is InChI=1S/C12H22O4Si/c1-5-10(17(2,3)4)8-9-16-12(15)7-6-11(13)14/h6-7,10H,5,8-9H2,1-4H3,(H,13,14). The molecule has 0 aromatic carbocycles. The zero-order chi connectivity index (χ0) is 13.5. The fourth-order valence-electron chi connectivity index (χ4n) is 1.74. The molecule has 0 saturated carbocycles. The first-order chi connectivity index (χ1) is 7.77. The van der Waals surface area contributed by atoms with Crippen LogP contribution >= 0.6 is 0 Å². The van der Waals surface area contributed by atoms with Crippen LogP contribution in [0, 0.1) is 0 Å². The van der Waals surface area contributed by atoms with Crippen molar-refractivity contribution in [1.82, 2.24) is 0 Å². The molecule has 98 valence electrons. The molecule has 0 aliphatic rings. The Kier molecular flexibility index (Phi) is 6.80.